The first kappa shape index (κ1) is 16.5. The lowest BCUT2D eigenvalue weighted by molar-refractivity contribution is -0.384. The average molecular weight is 335 g/mol. The SMILES string of the molecule is N#C/C=C(\c1cccc([N+](=O)[O-])c1)N1CCN(c2ccccn2)CC1. The third-order valence-corrected chi connectivity index (χ3v) is 4.15. The summed E-state index contributed by atoms with van der Waals surface area (Å²) < 4.78 is 0. The molecule has 1 saturated heterocycles. The zero-order valence-electron chi connectivity index (χ0n) is 13.6. The molecule has 126 valence electrons. The molecule has 0 radical (unpaired) electrons. The lowest BCUT2D eigenvalue weighted by atomic mass is 10.1. The van der Waals surface area contributed by atoms with Gasteiger partial charge in [0.25, 0.3) is 5.69 Å². The van der Waals surface area contributed by atoms with E-state index in [9.17, 15) is 10.1 Å². The van der Waals surface area contributed by atoms with E-state index in [0.29, 0.717) is 24.4 Å². The van der Waals surface area contributed by atoms with Gasteiger partial charge >= 0.3 is 0 Å². The number of benzene rings is 1. The van der Waals surface area contributed by atoms with E-state index in [0.717, 1.165) is 18.9 Å². The van der Waals surface area contributed by atoms with Crippen LogP contribution < -0.4 is 4.90 Å². The van der Waals surface area contributed by atoms with Crippen LogP contribution in [0.15, 0.2) is 54.7 Å². The number of nitro benzene ring substituents is 1. The van der Waals surface area contributed by atoms with Crippen LogP contribution in [-0.4, -0.2) is 41.0 Å². The van der Waals surface area contributed by atoms with Crippen molar-refractivity contribution >= 4 is 17.2 Å². The number of anilines is 1. The summed E-state index contributed by atoms with van der Waals surface area (Å²) in [5.74, 6) is 0.934. The van der Waals surface area contributed by atoms with Gasteiger partial charge in [-0.15, -0.1) is 0 Å². The molecule has 1 aromatic heterocycles. The van der Waals surface area contributed by atoms with Crippen molar-refractivity contribution in [2.24, 2.45) is 0 Å². The van der Waals surface area contributed by atoms with E-state index in [1.54, 1.807) is 18.3 Å². The van der Waals surface area contributed by atoms with Crippen LogP contribution in [0.25, 0.3) is 5.70 Å². The fraction of sp³-hybridized carbons (Fsp3) is 0.222. The molecule has 0 unspecified atom stereocenters. The fourth-order valence-electron chi connectivity index (χ4n) is 2.91. The summed E-state index contributed by atoms with van der Waals surface area (Å²) in [7, 11) is 0. The summed E-state index contributed by atoms with van der Waals surface area (Å²) in [5.41, 5.74) is 1.42. The van der Waals surface area contributed by atoms with Gasteiger partial charge in [0.1, 0.15) is 5.82 Å². The number of pyridine rings is 1. The molecule has 25 heavy (non-hydrogen) atoms. The molecular weight excluding hydrogens is 318 g/mol. The van der Waals surface area contributed by atoms with Crippen LogP contribution in [0.5, 0.6) is 0 Å². The van der Waals surface area contributed by atoms with E-state index in [1.807, 2.05) is 18.2 Å². The molecule has 0 N–H and O–H groups in total. The third-order valence-electron chi connectivity index (χ3n) is 4.15. The van der Waals surface area contributed by atoms with Gasteiger partial charge in [0.2, 0.25) is 0 Å². The van der Waals surface area contributed by atoms with E-state index in [1.165, 1.54) is 18.2 Å². The first-order valence-corrected chi connectivity index (χ1v) is 7.94. The highest BCUT2D eigenvalue weighted by Gasteiger charge is 2.21. The topological polar surface area (TPSA) is 86.3 Å². The van der Waals surface area contributed by atoms with Crippen LogP contribution >= 0.6 is 0 Å². The normalized spacial score (nSPS) is 14.9. The van der Waals surface area contributed by atoms with Crippen LogP contribution in [0.3, 0.4) is 0 Å². The second-order valence-electron chi connectivity index (χ2n) is 5.63. The quantitative estimate of drug-likeness (QED) is 0.485. The van der Waals surface area contributed by atoms with Crippen molar-refractivity contribution in [2.75, 3.05) is 31.1 Å². The van der Waals surface area contributed by atoms with Gasteiger partial charge in [-0.2, -0.15) is 5.26 Å². The number of allylic oxidation sites excluding steroid dienone is 1. The molecule has 7 heteroatoms. The molecule has 0 saturated carbocycles. The molecule has 1 aliphatic rings. The van der Waals surface area contributed by atoms with Crippen LogP contribution in [0.2, 0.25) is 0 Å². The Labute approximate surface area is 145 Å². The first-order chi connectivity index (χ1) is 12.2. The molecule has 2 heterocycles. The minimum atomic E-state index is -0.424. The van der Waals surface area contributed by atoms with E-state index in [4.69, 9.17) is 5.26 Å². The predicted molar refractivity (Wildman–Crippen MR) is 94.7 cm³/mol. The summed E-state index contributed by atoms with van der Waals surface area (Å²) in [6.45, 7) is 2.98. The van der Waals surface area contributed by atoms with Crippen molar-refractivity contribution in [3.8, 4) is 6.07 Å². The van der Waals surface area contributed by atoms with E-state index in [-0.39, 0.29) is 5.69 Å². The summed E-state index contributed by atoms with van der Waals surface area (Å²) >= 11 is 0. The molecule has 0 bridgehead atoms. The largest absolute Gasteiger partial charge is 0.367 e. The van der Waals surface area contributed by atoms with Gasteiger partial charge in [-0.25, -0.2) is 4.98 Å². The Morgan fingerprint density at radius 3 is 2.64 bits per heavy atom. The average Bonchev–Trinajstić information content (AvgIpc) is 2.67. The number of hydrogen-bond donors (Lipinski definition) is 0. The van der Waals surface area contributed by atoms with Gasteiger partial charge in [0.15, 0.2) is 0 Å². The first-order valence-electron chi connectivity index (χ1n) is 7.94. The molecule has 3 rings (SSSR count). The molecule has 1 aliphatic heterocycles. The molecule has 0 atom stereocenters. The summed E-state index contributed by atoms with van der Waals surface area (Å²) in [6, 6.07) is 14.3. The smallest absolute Gasteiger partial charge is 0.270 e. The van der Waals surface area contributed by atoms with Crippen LogP contribution in [0.4, 0.5) is 11.5 Å². The predicted octanol–water partition coefficient (Wildman–Crippen LogP) is 2.68. The van der Waals surface area contributed by atoms with Crippen molar-refractivity contribution in [3.05, 3.63) is 70.4 Å². The number of aromatic nitrogens is 1. The fourth-order valence-corrected chi connectivity index (χ4v) is 2.91. The molecule has 1 aromatic carbocycles. The summed E-state index contributed by atoms with van der Waals surface area (Å²) in [6.07, 6.45) is 3.22. The molecule has 0 aliphatic carbocycles. The second-order valence-corrected chi connectivity index (χ2v) is 5.63. The lowest BCUT2D eigenvalue weighted by Gasteiger charge is -2.37. The van der Waals surface area contributed by atoms with Crippen molar-refractivity contribution in [1.29, 1.82) is 5.26 Å². The van der Waals surface area contributed by atoms with Gasteiger partial charge < -0.3 is 9.80 Å². The Balaban J connectivity index is 1.77. The number of nitrogens with zero attached hydrogens (tertiary/aromatic N) is 5. The number of non-ortho nitro benzene ring substituents is 1. The summed E-state index contributed by atoms with van der Waals surface area (Å²) in [4.78, 5) is 19.2. The molecule has 0 spiro atoms. The van der Waals surface area contributed by atoms with Gasteiger partial charge in [-0.05, 0) is 12.1 Å². The Morgan fingerprint density at radius 2 is 2.00 bits per heavy atom. The molecule has 1 fully saturated rings. The number of hydrogen-bond acceptors (Lipinski definition) is 6. The maximum Gasteiger partial charge on any atom is 0.270 e. The number of piperazine rings is 1. The highest BCUT2D eigenvalue weighted by atomic mass is 16.6. The van der Waals surface area contributed by atoms with E-state index >= 15 is 0 Å². The van der Waals surface area contributed by atoms with Crippen molar-refractivity contribution in [1.82, 2.24) is 9.88 Å². The second kappa shape index (κ2) is 7.45. The minimum absolute atomic E-state index is 0.0217. The monoisotopic (exact) mass is 335 g/mol. The Bertz CT molecular complexity index is 821. The zero-order chi connectivity index (χ0) is 17.6. The summed E-state index contributed by atoms with van der Waals surface area (Å²) in [5, 5.41) is 20.1. The Kier molecular flexibility index (Phi) is 4.90. The highest BCUT2D eigenvalue weighted by molar-refractivity contribution is 5.68. The molecular formula is C18H17N5O2. The van der Waals surface area contributed by atoms with E-state index in [2.05, 4.69) is 20.9 Å². The maximum absolute atomic E-state index is 11.0. The van der Waals surface area contributed by atoms with Gasteiger partial charge in [-0.1, -0.05) is 18.2 Å². The van der Waals surface area contributed by atoms with Crippen molar-refractivity contribution < 1.29 is 4.92 Å². The van der Waals surface area contributed by atoms with Gasteiger partial charge in [0.05, 0.1) is 16.7 Å². The van der Waals surface area contributed by atoms with Crippen LogP contribution in [0.1, 0.15) is 5.56 Å². The standard InChI is InChI=1S/C18H17N5O2/c19-8-7-17(15-4-3-5-16(14-15)23(24)25)21-10-12-22(13-11-21)18-6-1-2-9-20-18/h1-7,9,14H,10-13H2/b17-7+. The minimum Gasteiger partial charge on any atom is -0.367 e. The van der Waals surface area contributed by atoms with Crippen molar-refractivity contribution in [2.45, 2.75) is 0 Å². The van der Waals surface area contributed by atoms with Crippen molar-refractivity contribution in [3.63, 3.8) is 0 Å². The number of nitro groups is 1. The van der Waals surface area contributed by atoms with Gasteiger partial charge in [0, 0.05) is 56.1 Å². The van der Waals surface area contributed by atoms with E-state index < -0.39 is 4.92 Å². The molecule has 2 aromatic rings. The maximum atomic E-state index is 11.0. The highest BCUT2D eigenvalue weighted by Crippen LogP contribution is 2.25. The Hall–Kier alpha value is -3.40. The van der Waals surface area contributed by atoms with Gasteiger partial charge in [-0.3, -0.25) is 10.1 Å². The van der Waals surface area contributed by atoms with Crippen LogP contribution in [0, 0.1) is 21.4 Å². The number of nitriles is 1. The lowest BCUT2D eigenvalue weighted by Crippen LogP contribution is -2.45. The van der Waals surface area contributed by atoms with Crippen LogP contribution in [-0.2, 0) is 0 Å². The molecule has 0 amide bonds. The molecule has 7 nitrogen and oxygen atoms in total. The third kappa shape index (κ3) is 3.75. The number of rotatable bonds is 4. The Morgan fingerprint density at radius 1 is 1.20 bits per heavy atom. The zero-order valence-corrected chi connectivity index (χ0v) is 13.6.